The standard InChI is InChI=1S/C37H40F3N3O2/c1-26(2)19-34-25-43(36(45)35(44)42(34)18-17-27-11-8-14-32(21-27)37(38,39)40)33(24-41-23-28-9-4-3-5-10-28)22-29-15-16-30-12-6-7-13-31(30)20-29/h3-16,20-21,26,33-34,41H,17-19,22-25H2,1-2H3/t33-,34+/m0/s1. The lowest BCUT2D eigenvalue weighted by Crippen LogP contribution is -2.63. The number of carbonyl (C=O) groups is 2. The van der Waals surface area contributed by atoms with Crippen molar-refractivity contribution in [2.45, 2.75) is 57.9 Å². The largest absolute Gasteiger partial charge is 0.416 e. The van der Waals surface area contributed by atoms with Crippen molar-refractivity contribution in [2.75, 3.05) is 19.6 Å². The fraction of sp³-hybridized carbons (Fsp3) is 0.351. The van der Waals surface area contributed by atoms with Crippen molar-refractivity contribution in [1.82, 2.24) is 15.1 Å². The molecule has 0 aromatic heterocycles. The van der Waals surface area contributed by atoms with Gasteiger partial charge >= 0.3 is 18.0 Å². The molecule has 0 spiro atoms. The Balaban J connectivity index is 1.37. The number of halogens is 3. The number of amides is 2. The van der Waals surface area contributed by atoms with Gasteiger partial charge in [-0.05, 0) is 58.7 Å². The molecule has 4 aromatic carbocycles. The van der Waals surface area contributed by atoms with Gasteiger partial charge in [-0.2, -0.15) is 13.2 Å². The van der Waals surface area contributed by atoms with Gasteiger partial charge in [-0.15, -0.1) is 0 Å². The van der Waals surface area contributed by atoms with Crippen LogP contribution in [-0.2, 0) is 35.2 Å². The molecule has 5 rings (SSSR count). The highest BCUT2D eigenvalue weighted by Gasteiger charge is 2.41. The van der Waals surface area contributed by atoms with E-state index in [-0.39, 0.29) is 31.0 Å². The normalized spacial score (nSPS) is 16.5. The van der Waals surface area contributed by atoms with Crippen molar-refractivity contribution in [3.8, 4) is 0 Å². The summed E-state index contributed by atoms with van der Waals surface area (Å²) in [5, 5.41) is 5.77. The Kier molecular flexibility index (Phi) is 10.2. The fourth-order valence-electron chi connectivity index (χ4n) is 6.23. The third-order valence-electron chi connectivity index (χ3n) is 8.47. The monoisotopic (exact) mass is 615 g/mol. The molecule has 1 heterocycles. The van der Waals surface area contributed by atoms with E-state index in [1.54, 1.807) is 15.9 Å². The molecule has 0 bridgehead atoms. The zero-order valence-electron chi connectivity index (χ0n) is 25.8. The third kappa shape index (κ3) is 8.31. The van der Waals surface area contributed by atoms with Crippen LogP contribution in [0, 0.1) is 5.92 Å². The highest BCUT2D eigenvalue weighted by molar-refractivity contribution is 6.35. The molecule has 236 valence electrons. The smallest absolute Gasteiger partial charge is 0.329 e. The van der Waals surface area contributed by atoms with Gasteiger partial charge in [0.25, 0.3) is 0 Å². The van der Waals surface area contributed by atoms with E-state index < -0.39 is 23.6 Å². The van der Waals surface area contributed by atoms with E-state index in [2.05, 4.69) is 49.5 Å². The average Bonchev–Trinajstić information content (AvgIpc) is 3.02. The van der Waals surface area contributed by atoms with Gasteiger partial charge in [0.05, 0.1) is 11.6 Å². The molecule has 1 saturated heterocycles. The SMILES string of the molecule is CC(C)C[C@@H]1CN([C@H](CNCc2ccccc2)Cc2ccc3ccccc3c2)C(=O)C(=O)N1CCc1cccc(C(F)(F)F)c1. The number of piperazine rings is 1. The van der Waals surface area contributed by atoms with E-state index >= 15 is 0 Å². The minimum absolute atomic E-state index is 0.179. The number of nitrogens with zero attached hydrogens (tertiary/aromatic N) is 2. The van der Waals surface area contributed by atoms with Crippen LogP contribution in [-0.4, -0.2) is 53.3 Å². The predicted molar refractivity (Wildman–Crippen MR) is 171 cm³/mol. The van der Waals surface area contributed by atoms with E-state index in [9.17, 15) is 22.8 Å². The highest BCUT2D eigenvalue weighted by Crippen LogP contribution is 2.30. The van der Waals surface area contributed by atoms with E-state index in [4.69, 9.17) is 0 Å². The molecule has 1 fully saturated rings. The molecule has 1 aliphatic rings. The van der Waals surface area contributed by atoms with Crippen molar-refractivity contribution in [3.05, 3.63) is 119 Å². The lowest BCUT2D eigenvalue weighted by molar-refractivity contribution is -0.161. The first-order chi connectivity index (χ1) is 21.6. The molecule has 4 aromatic rings. The van der Waals surface area contributed by atoms with Crippen LogP contribution in [0.4, 0.5) is 13.2 Å². The molecule has 0 saturated carbocycles. The van der Waals surface area contributed by atoms with Gasteiger partial charge in [0.1, 0.15) is 0 Å². The van der Waals surface area contributed by atoms with E-state index in [1.165, 1.54) is 6.07 Å². The van der Waals surface area contributed by atoms with Crippen LogP contribution >= 0.6 is 0 Å². The summed E-state index contributed by atoms with van der Waals surface area (Å²) in [6.45, 7) is 5.83. The predicted octanol–water partition coefficient (Wildman–Crippen LogP) is 6.89. The van der Waals surface area contributed by atoms with E-state index in [0.29, 0.717) is 38.0 Å². The molecule has 2 amide bonds. The van der Waals surface area contributed by atoms with Crippen molar-refractivity contribution in [3.63, 3.8) is 0 Å². The molecule has 1 aliphatic heterocycles. The van der Waals surface area contributed by atoms with E-state index in [0.717, 1.165) is 34.0 Å². The number of alkyl halides is 3. The molecular formula is C37H40F3N3O2. The summed E-state index contributed by atoms with van der Waals surface area (Å²) in [6.07, 6.45) is -2.96. The Morgan fingerprint density at radius 2 is 1.51 bits per heavy atom. The van der Waals surface area contributed by atoms with Crippen molar-refractivity contribution < 1.29 is 22.8 Å². The summed E-state index contributed by atoms with van der Waals surface area (Å²) in [6, 6.07) is 29.1. The second kappa shape index (κ2) is 14.3. The van der Waals surface area contributed by atoms with Crippen molar-refractivity contribution in [1.29, 1.82) is 0 Å². The van der Waals surface area contributed by atoms with Gasteiger partial charge in [0, 0.05) is 32.2 Å². The Bertz CT molecular complexity index is 1610. The van der Waals surface area contributed by atoms with Gasteiger partial charge in [-0.25, -0.2) is 0 Å². The molecule has 45 heavy (non-hydrogen) atoms. The average molecular weight is 616 g/mol. The maximum atomic E-state index is 13.8. The first kappa shape index (κ1) is 32.2. The molecular weight excluding hydrogens is 575 g/mol. The lowest BCUT2D eigenvalue weighted by atomic mass is 9.95. The Morgan fingerprint density at radius 3 is 2.24 bits per heavy atom. The minimum Gasteiger partial charge on any atom is -0.329 e. The maximum Gasteiger partial charge on any atom is 0.416 e. The Morgan fingerprint density at radius 1 is 0.800 bits per heavy atom. The summed E-state index contributed by atoms with van der Waals surface area (Å²) in [5.41, 5.74) is 1.97. The second-order valence-electron chi connectivity index (χ2n) is 12.3. The number of fused-ring (bicyclic) bond motifs is 1. The molecule has 2 atom stereocenters. The van der Waals surface area contributed by atoms with Crippen LogP contribution in [0.3, 0.4) is 0 Å². The van der Waals surface area contributed by atoms with Gasteiger partial charge in [0.15, 0.2) is 0 Å². The molecule has 5 nitrogen and oxygen atoms in total. The number of carbonyl (C=O) groups excluding carboxylic acids is 2. The van der Waals surface area contributed by atoms with Crippen LogP contribution in [0.5, 0.6) is 0 Å². The first-order valence-corrected chi connectivity index (χ1v) is 15.6. The van der Waals surface area contributed by atoms with Crippen LogP contribution in [0.2, 0.25) is 0 Å². The third-order valence-corrected chi connectivity index (χ3v) is 8.47. The summed E-state index contributed by atoms with van der Waals surface area (Å²) in [7, 11) is 0. The quantitative estimate of drug-likeness (QED) is 0.177. The number of hydrogen-bond donors (Lipinski definition) is 1. The topological polar surface area (TPSA) is 52.7 Å². The number of rotatable bonds is 12. The molecule has 1 N–H and O–H groups in total. The Labute approximate surface area is 263 Å². The summed E-state index contributed by atoms with van der Waals surface area (Å²) in [4.78, 5) is 30.8. The minimum atomic E-state index is -4.44. The summed E-state index contributed by atoms with van der Waals surface area (Å²) < 4.78 is 39.9. The molecule has 0 aliphatic carbocycles. The van der Waals surface area contributed by atoms with Gasteiger partial charge < -0.3 is 15.1 Å². The lowest BCUT2D eigenvalue weighted by Gasteiger charge is -2.44. The maximum absolute atomic E-state index is 13.8. The first-order valence-electron chi connectivity index (χ1n) is 15.6. The molecule has 8 heteroatoms. The molecule has 0 unspecified atom stereocenters. The Hall–Kier alpha value is -4.17. The fourth-order valence-corrected chi connectivity index (χ4v) is 6.23. The van der Waals surface area contributed by atoms with Crippen LogP contribution in [0.1, 0.15) is 42.5 Å². The zero-order chi connectivity index (χ0) is 32.0. The molecule has 0 radical (unpaired) electrons. The summed E-state index contributed by atoms with van der Waals surface area (Å²) >= 11 is 0. The number of nitrogens with one attached hydrogen (secondary N) is 1. The zero-order valence-corrected chi connectivity index (χ0v) is 25.8. The van der Waals surface area contributed by atoms with E-state index in [1.807, 2.05) is 42.5 Å². The van der Waals surface area contributed by atoms with Crippen molar-refractivity contribution >= 4 is 22.6 Å². The van der Waals surface area contributed by atoms with Crippen LogP contribution in [0.25, 0.3) is 10.8 Å². The highest BCUT2D eigenvalue weighted by atomic mass is 19.4. The number of benzene rings is 4. The summed E-state index contributed by atoms with van der Waals surface area (Å²) in [5.74, 6) is -0.902. The van der Waals surface area contributed by atoms with Crippen LogP contribution in [0.15, 0.2) is 97.1 Å². The van der Waals surface area contributed by atoms with Crippen LogP contribution < -0.4 is 5.32 Å². The van der Waals surface area contributed by atoms with Gasteiger partial charge in [0.2, 0.25) is 0 Å². The number of hydrogen-bond acceptors (Lipinski definition) is 3. The second-order valence-corrected chi connectivity index (χ2v) is 12.3. The van der Waals surface area contributed by atoms with Gasteiger partial charge in [-0.1, -0.05) is 105 Å². The van der Waals surface area contributed by atoms with Crippen molar-refractivity contribution in [2.24, 2.45) is 5.92 Å². The van der Waals surface area contributed by atoms with Gasteiger partial charge in [-0.3, -0.25) is 9.59 Å².